The summed E-state index contributed by atoms with van der Waals surface area (Å²) in [4.78, 5) is 39.1. The van der Waals surface area contributed by atoms with Gasteiger partial charge in [-0.25, -0.2) is 4.79 Å². The predicted octanol–water partition coefficient (Wildman–Crippen LogP) is 3.39. The highest BCUT2D eigenvalue weighted by Gasteiger charge is 2.41. The number of hydrogen-bond donors (Lipinski definition) is 1. The summed E-state index contributed by atoms with van der Waals surface area (Å²) in [6.07, 6.45) is 3.61. The Balaban J connectivity index is 1.69. The number of nitrogens with zero attached hydrogens (tertiary/aromatic N) is 1. The van der Waals surface area contributed by atoms with E-state index < -0.39 is 5.97 Å². The van der Waals surface area contributed by atoms with Crippen LogP contribution in [0.5, 0.6) is 0 Å². The lowest BCUT2D eigenvalue weighted by Gasteiger charge is -2.40. The average Bonchev–Trinajstić information content (AvgIpc) is 3.06. The van der Waals surface area contributed by atoms with E-state index in [1.165, 1.54) is 13.5 Å². The van der Waals surface area contributed by atoms with E-state index in [2.05, 4.69) is 19.2 Å². The smallest absolute Gasteiger partial charge is 0.337 e. The summed E-state index contributed by atoms with van der Waals surface area (Å²) in [5.41, 5.74) is 1.83. The molecule has 28 heavy (non-hydrogen) atoms. The molecule has 6 nitrogen and oxygen atoms in total. The van der Waals surface area contributed by atoms with E-state index in [0.29, 0.717) is 29.6 Å². The van der Waals surface area contributed by atoms with E-state index in [0.717, 1.165) is 18.4 Å². The summed E-state index contributed by atoms with van der Waals surface area (Å²) in [5.74, 6) is 0.154. The molecule has 1 aliphatic heterocycles. The molecule has 4 atom stereocenters. The lowest BCUT2D eigenvalue weighted by atomic mass is 9.77. The quantitative estimate of drug-likeness (QED) is 0.805. The third-order valence-corrected chi connectivity index (χ3v) is 6.51. The summed E-state index contributed by atoms with van der Waals surface area (Å²) in [6, 6.07) is 5.30. The molecule has 0 spiro atoms. The van der Waals surface area contributed by atoms with Crippen molar-refractivity contribution in [3.63, 3.8) is 0 Å². The van der Waals surface area contributed by atoms with Crippen LogP contribution in [0.4, 0.5) is 5.69 Å². The minimum absolute atomic E-state index is 0.0751. The first kappa shape index (κ1) is 20.4. The maximum absolute atomic E-state index is 12.8. The van der Waals surface area contributed by atoms with Gasteiger partial charge in [0.2, 0.25) is 11.8 Å². The second kappa shape index (κ2) is 8.33. The number of likely N-dealkylation sites (tertiary alicyclic amines) is 1. The standard InChI is InChI=1S/C22H30N2O4/c1-13-6-5-7-19(15(13)3)24-12-17(11-20(24)25)21(26)23-18-10-16(22(27)28-4)9-8-14(18)2/h8-10,13,15,17,19H,5-7,11-12H2,1-4H3,(H,23,26)/t13-,15+,17+,19+/m1/s1. The van der Waals surface area contributed by atoms with Gasteiger partial charge >= 0.3 is 5.97 Å². The Bertz CT molecular complexity index is 776. The fourth-order valence-electron chi connectivity index (χ4n) is 4.46. The maximum atomic E-state index is 12.8. The zero-order valence-electron chi connectivity index (χ0n) is 17.2. The topological polar surface area (TPSA) is 75.7 Å². The van der Waals surface area contributed by atoms with Gasteiger partial charge in [-0.1, -0.05) is 32.8 Å². The Morgan fingerprint density at radius 1 is 1.21 bits per heavy atom. The molecule has 1 aromatic carbocycles. The number of carbonyl (C=O) groups is 3. The molecule has 2 fully saturated rings. The largest absolute Gasteiger partial charge is 0.465 e. The molecule has 1 saturated carbocycles. The number of ether oxygens (including phenoxy) is 1. The number of methoxy groups -OCH3 is 1. The number of rotatable bonds is 4. The summed E-state index contributed by atoms with van der Waals surface area (Å²) in [6.45, 7) is 6.81. The molecule has 1 aromatic rings. The number of hydrogen-bond acceptors (Lipinski definition) is 4. The first-order chi connectivity index (χ1) is 13.3. The van der Waals surface area contributed by atoms with E-state index in [9.17, 15) is 14.4 Å². The van der Waals surface area contributed by atoms with Gasteiger partial charge in [0.15, 0.2) is 0 Å². The first-order valence-electron chi connectivity index (χ1n) is 10.1. The van der Waals surface area contributed by atoms with Crippen molar-refractivity contribution in [2.45, 2.75) is 52.5 Å². The van der Waals surface area contributed by atoms with Crippen molar-refractivity contribution in [1.82, 2.24) is 4.90 Å². The van der Waals surface area contributed by atoms with Crippen LogP contribution in [0.25, 0.3) is 0 Å². The highest BCUT2D eigenvalue weighted by atomic mass is 16.5. The van der Waals surface area contributed by atoms with Gasteiger partial charge < -0.3 is 15.0 Å². The van der Waals surface area contributed by atoms with Crippen molar-refractivity contribution >= 4 is 23.5 Å². The molecule has 3 rings (SSSR count). The Labute approximate surface area is 166 Å². The van der Waals surface area contributed by atoms with Gasteiger partial charge in [0.05, 0.1) is 18.6 Å². The summed E-state index contributed by atoms with van der Waals surface area (Å²) < 4.78 is 4.75. The normalized spacial score (nSPS) is 27.6. The second-order valence-corrected chi connectivity index (χ2v) is 8.29. The Morgan fingerprint density at radius 3 is 2.68 bits per heavy atom. The molecule has 0 aromatic heterocycles. The number of nitrogens with one attached hydrogen (secondary N) is 1. The summed E-state index contributed by atoms with van der Waals surface area (Å²) in [5, 5.41) is 2.91. The predicted molar refractivity (Wildman–Crippen MR) is 107 cm³/mol. The number of amides is 2. The van der Waals surface area contributed by atoms with Crippen LogP contribution in [0.15, 0.2) is 18.2 Å². The molecular weight excluding hydrogens is 356 g/mol. The molecule has 2 amide bonds. The Hall–Kier alpha value is -2.37. The molecule has 6 heteroatoms. The van der Waals surface area contributed by atoms with Gasteiger partial charge in [-0.15, -0.1) is 0 Å². The van der Waals surface area contributed by atoms with Gasteiger partial charge in [-0.05, 0) is 42.9 Å². The van der Waals surface area contributed by atoms with Crippen LogP contribution >= 0.6 is 0 Å². The zero-order chi connectivity index (χ0) is 20.4. The van der Waals surface area contributed by atoms with E-state index >= 15 is 0 Å². The van der Waals surface area contributed by atoms with Crippen LogP contribution in [0.2, 0.25) is 0 Å². The molecule has 0 unspecified atom stereocenters. The molecule has 152 valence electrons. The van der Waals surface area contributed by atoms with Crippen molar-refractivity contribution in [3.05, 3.63) is 29.3 Å². The number of anilines is 1. The maximum Gasteiger partial charge on any atom is 0.337 e. The molecular formula is C22H30N2O4. The molecule has 1 heterocycles. The molecule has 0 radical (unpaired) electrons. The third-order valence-electron chi connectivity index (χ3n) is 6.51. The van der Waals surface area contributed by atoms with E-state index in [-0.39, 0.29) is 30.2 Å². The highest BCUT2D eigenvalue weighted by Crippen LogP contribution is 2.36. The fourth-order valence-corrected chi connectivity index (χ4v) is 4.46. The fraction of sp³-hybridized carbons (Fsp3) is 0.591. The van der Waals surface area contributed by atoms with Crippen LogP contribution in [0.1, 0.15) is 55.5 Å². The first-order valence-corrected chi connectivity index (χ1v) is 10.1. The minimum Gasteiger partial charge on any atom is -0.465 e. The number of carbonyl (C=O) groups excluding carboxylic acids is 3. The average molecular weight is 386 g/mol. The van der Waals surface area contributed by atoms with Crippen LogP contribution in [0, 0.1) is 24.7 Å². The van der Waals surface area contributed by atoms with Crippen molar-refractivity contribution in [3.8, 4) is 0 Å². The van der Waals surface area contributed by atoms with Crippen LogP contribution in [-0.4, -0.2) is 42.4 Å². The van der Waals surface area contributed by atoms with Gasteiger partial charge in [-0.3, -0.25) is 9.59 Å². The second-order valence-electron chi connectivity index (χ2n) is 8.29. The van der Waals surface area contributed by atoms with Crippen LogP contribution in [0.3, 0.4) is 0 Å². The van der Waals surface area contributed by atoms with Crippen molar-refractivity contribution in [1.29, 1.82) is 0 Å². The van der Waals surface area contributed by atoms with Gasteiger partial charge in [0.1, 0.15) is 0 Å². The SMILES string of the molecule is COC(=O)c1ccc(C)c(NC(=O)[C@H]2CC(=O)N([C@H]3CCC[C@@H](C)[C@@H]3C)C2)c1. The third kappa shape index (κ3) is 4.05. The van der Waals surface area contributed by atoms with Gasteiger partial charge in [0, 0.05) is 24.7 Å². The minimum atomic E-state index is -0.446. The zero-order valence-corrected chi connectivity index (χ0v) is 17.2. The molecule has 1 aliphatic carbocycles. The van der Waals surface area contributed by atoms with Gasteiger partial charge in [0.25, 0.3) is 0 Å². The van der Waals surface area contributed by atoms with Crippen molar-refractivity contribution in [2.24, 2.45) is 17.8 Å². The number of benzene rings is 1. The monoisotopic (exact) mass is 386 g/mol. The number of esters is 1. The Kier molecular flexibility index (Phi) is 6.06. The van der Waals surface area contributed by atoms with E-state index in [4.69, 9.17) is 4.74 Å². The highest BCUT2D eigenvalue weighted by molar-refractivity contribution is 5.99. The molecule has 0 bridgehead atoms. The molecule has 2 aliphatic rings. The van der Waals surface area contributed by atoms with E-state index in [1.807, 2.05) is 11.8 Å². The van der Waals surface area contributed by atoms with E-state index in [1.54, 1.807) is 18.2 Å². The van der Waals surface area contributed by atoms with Crippen molar-refractivity contribution in [2.75, 3.05) is 19.0 Å². The molecule has 1 N–H and O–H groups in total. The lowest BCUT2D eigenvalue weighted by molar-refractivity contribution is -0.131. The van der Waals surface area contributed by atoms with Crippen LogP contribution < -0.4 is 5.32 Å². The summed E-state index contributed by atoms with van der Waals surface area (Å²) >= 11 is 0. The summed E-state index contributed by atoms with van der Waals surface area (Å²) in [7, 11) is 1.33. The Morgan fingerprint density at radius 2 is 1.96 bits per heavy atom. The molecule has 1 saturated heterocycles. The van der Waals surface area contributed by atoms with Crippen molar-refractivity contribution < 1.29 is 19.1 Å². The van der Waals surface area contributed by atoms with Crippen LogP contribution in [-0.2, 0) is 14.3 Å². The van der Waals surface area contributed by atoms with Gasteiger partial charge in [-0.2, -0.15) is 0 Å². The lowest BCUT2D eigenvalue weighted by Crippen LogP contribution is -2.45. The number of aryl methyl sites for hydroxylation is 1.